The summed E-state index contributed by atoms with van der Waals surface area (Å²) >= 11 is 0. The molecule has 1 N–H and O–H groups in total. The Labute approximate surface area is 159 Å². The SMILES string of the molecule is CN(C)C(CNC(=O)CN(C)S(=O)(=O)c1ccc(F)cc1)c1ccccc1. The van der Waals surface area contributed by atoms with Gasteiger partial charge in [0.05, 0.1) is 17.5 Å². The highest BCUT2D eigenvalue weighted by atomic mass is 32.2. The van der Waals surface area contributed by atoms with Gasteiger partial charge in [-0.2, -0.15) is 4.31 Å². The molecule has 0 saturated heterocycles. The minimum absolute atomic E-state index is 0.0332. The second-order valence-corrected chi connectivity index (χ2v) is 8.45. The van der Waals surface area contributed by atoms with Gasteiger partial charge in [-0.25, -0.2) is 12.8 Å². The standard InChI is InChI=1S/C19H24FN3O3S/c1-22(2)18(15-7-5-4-6-8-15)13-21-19(24)14-23(3)27(25,26)17-11-9-16(20)10-12-17/h4-12,18H,13-14H2,1-3H3,(H,21,24). The molecule has 1 unspecified atom stereocenters. The van der Waals surface area contributed by atoms with Crippen LogP contribution in [0.1, 0.15) is 11.6 Å². The molecule has 0 aromatic heterocycles. The van der Waals surface area contributed by atoms with Gasteiger partial charge in [-0.15, -0.1) is 0 Å². The number of likely N-dealkylation sites (N-methyl/N-ethyl adjacent to an activating group) is 2. The number of benzene rings is 2. The van der Waals surface area contributed by atoms with Crippen molar-refractivity contribution in [2.45, 2.75) is 10.9 Å². The molecule has 6 nitrogen and oxygen atoms in total. The van der Waals surface area contributed by atoms with E-state index < -0.39 is 21.7 Å². The lowest BCUT2D eigenvalue weighted by Crippen LogP contribution is -2.41. The van der Waals surface area contributed by atoms with Gasteiger partial charge in [0.2, 0.25) is 15.9 Å². The lowest BCUT2D eigenvalue weighted by Gasteiger charge is -2.25. The van der Waals surface area contributed by atoms with Crippen LogP contribution in [0.2, 0.25) is 0 Å². The fraction of sp³-hybridized carbons (Fsp3) is 0.316. The molecular formula is C19H24FN3O3S. The molecule has 0 aliphatic rings. The van der Waals surface area contributed by atoms with E-state index in [4.69, 9.17) is 0 Å². The molecular weight excluding hydrogens is 369 g/mol. The van der Waals surface area contributed by atoms with Crippen LogP contribution in [-0.4, -0.2) is 57.8 Å². The highest BCUT2D eigenvalue weighted by molar-refractivity contribution is 7.89. The fourth-order valence-corrected chi connectivity index (χ4v) is 3.74. The summed E-state index contributed by atoms with van der Waals surface area (Å²) < 4.78 is 38.9. The second-order valence-electron chi connectivity index (χ2n) is 6.41. The predicted molar refractivity (Wildman–Crippen MR) is 102 cm³/mol. The Balaban J connectivity index is 1.99. The monoisotopic (exact) mass is 393 g/mol. The summed E-state index contributed by atoms with van der Waals surface area (Å²) in [5.74, 6) is -0.934. The van der Waals surface area contributed by atoms with E-state index in [2.05, 4.69) is 5.32 Å². The molecule has 0 aliphatic heterocycles. The molecule has 0 bridgehead atoms. The van der Waals surface area contributed by atoms with E-state index in [9.17, 15) is 17.6 Å². The van der Waals surface area contributed by atoms with Crippen LogP contribution in [0.4, 0.5) is 4.39 Å². The highest BCUT2D eigenvalue weighted by Gasteiger charge is 2.23. The number of hydrogen-bond acceptors (Lipinski definition) is 4. The van der Waals surface area contributed by atoms with Crippen molar-refractivity contribution in [1.82, 2.24) is 14.5 Å². The Kier molecular flexibility index (Phi) is 7.06. The van der Waals surface area contributed by atoms with Gasteiger partial charge in [0.15, 0.2) is 0 Å². The number of hydrogen-bond donors (Lipinski definition) is 1. The van der Waals surface area contributed by atoms with E-state index in [1.54, 1.807) is 0 Å². The summed E-state index contributed by atoms with van der Waals surface area (Å²) in [6, 6.07) is 14.2. The summed E-state index contributed by atoms with van der Waals surface area (Å²) in [5.41, 5.74) is 1.05. The first kappa shape index (κ1) is 21.0. The van der Waals surface area contributed by atoms with Crippen molar-refractivity contribution in [3.05, 3.63) is 66.0 Å². The van der Waals surface area contributed by atoms with Gasteiger partial charge in [0.25, 0.3) is 0 Å². The molecule has 0 heterocycles. The van der Waals surface area contributed by atoms with Crippen LogP contribution < -0.4 is 5.32 Å². The Hall–Kier alpha value is -2.29. The van der Waals surface area contributed by atoms with Crippen LogP contribution in [0.15, 0.2) is 59.5 Å². The largest absolute Gasteiger partial charge is 0.353 e. The fourth-order valence-electron chi connectivity index (χ4n) is 2.61. The van der Waals surface area contributed by atoms with Gasteiger partial charge < -0.3 is 10.2 Å². The maximum atomic E-state index is 13.0. The summed E-state index contributed by atoms with van der Waals surface area (Å²) in [6.45, 7) is 0.0227. The van der Waals surface area contributed by atoms with Crippen molar-refractivity contribution in [2.75, 3.05) is 34.2 Å². The molecule has 0 aliphatic carbocycles. The Morgan fingerprint density at radius 2 is 1.63 bits per heavy atom. The Morgan fingerprint density at radius 1 is 1.04 bits per heavy atom. The first-order valence-corrected chi connectivity index (χ1v) is 9.86. The van der Waals surface area contributed by atoms with E-state index >= 15 is 0 Å². The van der Waals surface area contributed by atoms with Crippen LogP contribution in [-0.2, 0) is 14.8 Å². The summed E-state index contributed by atoms with van der Waals surface area (Å²) in [4.78, 5) is 14.2. The number of halogens is 1. The Bertz CT molecular complexity index is 856. The minimum atomic E-state index is -3.86. The smallest absolute Gasteiger partial charge is 0.243 e. The predicted octanol–water partition coefficient (Wildman–Crippen LogP) is 1.87. The van der Waals surface area contributed by atoms with Gasteiger partial charge in [-0.05, 0) is 43.9 Å². The van der Waals surface area contributed by atoms with E-state index in [-0.39, 0.29) is 17.5 Å². The number of nitrogens with zero attached hydrogens (tertiary/aromatic N) is 2. The van der Waals surface area contributed by atoms with Crippen molar-refractivity contribution < 1.29 is 17.6 Å². The molecule has 0 radical (unpaired) electrons. The van der Waals surface area contributed by atoms with Crippen molar-refractivity contribution in [2.24, 2.45) is 0 Å². The normalized spacial score (nSPS) is 13.0. The maximum absolute atomic E-state index is 13.0. The third-order valence-corrected chi connectivity index (χ3v) is 6.01. The topological polar surface area (TPSA) is 69.7 Å². The van der Waals surface area contributed by atoms with Gasteiger partial charge in [-0.1, -0.05) is 30.3 Å². The number of rotatable bonds is 8. The zero-order valence-corrected chi connectivity index (χ0v) is 16.4. The third kappa shape index (κ3) is 5.59. The quantitative estimate of drug-likeness (QED) is 0.743. The van der Waals surface area contributed by atoms with Gasteiger partial charge >= 0.3 is 0 Å². The van der Waals surface area contributed by atoms with Crippen molar-refractivity contribution in [3.8, 4) is 0 Å². The van der Waals surface area contributed by atoms with Crippen molar-refractivity contribution in [1.29, 1.82) is 0 Å². The molecule has 0 saturated carbocycles. The van der Waals surface area contributed by atoms with E-state index in [1.165, 1.54) is 19.2 Å². The highest BCUT2D eigenvalue weighted by Crippen LogP contribution is 2.17. The second kappa shape index (κ2) is 9.07. The van der Waals surface area contributed by atoms with Crippen molar-refractivity contribution in [3.63, 3.8) is 0 Å². The van der Waals surface area contributed by atoms with Gasteiger partial charge in [0, 0.05) is 13.6 Å². The van der Waals surface area contributed by atoms with E-state index in [1.807, 2.05) is 49.3 Å². The molecule has 8 heteroatoms. The maximum Gasteiger partial charge on any atom is 0.243 e. The van der Waals surface area contributed by atoms with E-state index in [0.29, 0.717) is 6.54 Å². The van der Waals surface area contributed by atoms with Crippen LogP contribution in [0.5, 0.6) is 0 Å². The van der Waals surface area contributed by atoms with Crippen molar-refractivity contribution >= 4 is 15.9 Å². The molecule has 0 fully saturated rings. The lowest BCUT2D eigenvalue weighted by atomic mass is 10.1. The molecule has 146 valence electrons. The summed E-state index contributed by atoms with van der Waals surface area (Å²) in [6.07, 6.45) is 0. The zero-order chi connectivity index (χ0) is 20.0. The molecule has 2 aromatic rings. The van der Waals surface area contributed by atoms with Crippen LogP contribution in [0.3, 0.4) is 0 Å². The molecule has 0 spiro atoms. The van der Waals surface area contributed by atoms with E-state index in [0.717, 1.165) is 22.0 Å². The van der Waals surface area contributed by atoms with Crippen LogP contribution in [0, 0.1) is 5.82 Å². The summed E-state index contributed by atoms with van der Waals surface area (Å²) in [5, 5.41) is 2.78. The molecule has 1 atom stereocenters. The number of amides is 1. The molecule has 27 heavy (non-hydrogen) atoms. The van der Waals surface area contributed by atoms with Crippen LogP contribution >= 0.6 is 0 Å². The lowest BCUT2D eigenvalue weighted by molar-refractivity contribution is -0.121. The Morgan fingerprint density at radius 3 is 2.19 bits per heavy atom. The number of nitrogens with one attached hydrogen (secondary N) is 1. The minimum Gasteiger partial charge on any atom is -0.353 e. The average molecular weight is 393 g/mol. The first-order valence-electron chi connectivity index (χ1n) is 8.42. The van der Waals surface area contributed by atoms with Gasteiger partial charge in [-0.3, -0.25) is 4.79 Å². The number of sulfonamides is 1. The number of carbonyl (C=O) groups is 1. The number of carbonyl (C=O) groups excluding carboxylic acids is 1. The summed E-state index contributed by atoms with van der Waals surface area (Å²) in [7, 11) is 1.28. The molecule has 2 aromatic carbocycles. The van der Waals surface area contributed by atoms with Gasteiger partial charge in [0.1, 0.15) is 5.82 Å². The average Bonchev–Trinajstić information content (AvgIpc) is 2.62. The third-order valence-electron chi connectivity index (χ3n) is 4.19. The molecule has 2 rings (SSSR count). The molecule has 1 amide bonds. The first-order chi connectivity index (χ1) is 12.7. The van der Waals surface area contributed by atoms with Crippen LogP contribution in [0.25, 0.3) is 0 Å². The zero-order valence-electron chi connectivity index (χ0n) is 15.6.